The summed E-state index contributed by atoms with van der Waals surface area (Å²) in [5, 5.41) is 8.66. The first kappa shape index (κ1) is 16.9. The lowest BCUT2D eigenvalue weighted by molar-refractivity contribution is -0.137. The summed E-state index contributed by atoms with van der Waals surface area (Å²) in [6, 6.07) is 3.37. The molecule has 1 N–H and O–H groups in total. The third kappa shape index (κ3) is 5.41. The van der Waals surface area contributed by atoms with Crippen molar-refractivity contribution in [2.24, 2.45) is 0 Å². The molecule has 6 heteroatoms. The molecule has 0 aliphatic carbocycles. The average molecular weight is 298 g/mol. The van der Waals surface area contributed by atoms with E-state index in [4.69, 9.17) is 24.1 Å². The fourth-order valence-corrected chi connectivity index (χ4v) is 1.69. The first-order valence-electron chi connectivity index (χ1n) is 7.03. The van der Waals surface area contributed by atoms with E-state index in [0.717, 1.165) is 0 Å². The van der Waals surface area contributed by atoms with E-state index in [1.54, 1.807) is 12.1 Å². The lowest BCUT2D eigenvalue weighted by Gasteiger charge is -2.16. The molecule has 0 aliphatic heterocycles. The molecule has 0 heterocycles. The van der Waals surface area contributed by atoms with Gasteiger partial charge in [0.05, 0.1) is 32.8 Å². The quantitative estimate of drug-likeness (QED) is 0.716. The van der Waals surface area contributed by atoms with Crippen LogP contribution in [0.25, 0.3) is 0 Å². The maximum absolute atomic E-state index is 10.6. The fraction of sp³-hybridized carbons (Fsp3) is 0.533. The lowest BCUT2D eigenvalue weighted by atomic mass is 10.2. The van der Waals surface area contributed by atoms with E-state index in [1.807, 2.05) is 20.8 Å². The highest BCUT2D eigenvalue weighted by Gasteiger charge is 2.14. The van der Waals surface area contributed by atoms with E-state index in [0.29, 0.717) is 42.8 Å². The van der Waals surface area contributed by atoms with Crippen molar-refractivity contribution >= 4 is 5.97 Å². The van der Waals surface area contributed by atoms with Gasteiger partial charge in [0.2, 0.25) is 0 Å². The van der Waals surface area contributed by atoms with Gasteiger partial charge in [0, 0.05) is 12.1 Å². The summed E-state index contributed by atoms with van der Waals surface area (Å²) in [5.41, 5.74) is 0. The first-order chi connectivity index (χ1) is 10.1. The maximum atomic E-state index is 10.6. The van der Waals surface area contributed by atoms with E-state index in [9.17, 15) is 4.79 Å². The van der Waals surface area contributed by atoms with Crippen molar-refractivity contribution in [3.8, 4) is 23.0 Å². The zero-order valence-electron chi connectivity index (χ0n) is 12.7. The number of hydrogen-bond acceptors (Lipinski definition) is 5. The molecule has 0 amide bonds. The predicted octanol–water partition coefficient (Wildman–Crippen LogP) is 2.74. The van der Waals surface area contributed by atoms with Crippen LogP contribution in [0.3, 0.4) is 0 Å². The van der Waals surface area contributed by atoms with Crippen LogP contribution in [-0.2, 0) is 4.79 Å². The Hall–Kier alpha value is -2.11. The van der Waals surface area contributed by atoms with Crippen molar-refractivity contribution < 1.29 is 28.8 Å². The largest absolute Gasteiger partial charge is 0.490 e. The van der Waals surface area contributed by atoms with Crippen LogP contribution in [0.15, 0.2) is 12.1 Å². The molecule has 1 aromatic rings. The van der Waals surface area contributed by atoms with Crippen molar-refractivity contribution in [3.63, 3.8) is 0 Å². The minimum absolute atomic E-state index is 0.0644. The van der Waals surface area contributed by atoms with Crippen LogP contribution in [0.2, 0.25) is 0 Å². The van der Waals surface area contributed by atoms with Crippen LogP contribution in [0.4, 0.5) is 0 Å². The van der Waals surface area contributed by atoms with Crippen LogP contribution >= 0.6 is 0 Å². The van der Waals surface area contributed by atoms with Gasteiger partial charge in [-0.15, -0.1) is 0 Å². The van der Waals surface area contributed by atoms with Crippen molar-refractivity contribution in [2.75, 3.05) is 26.4 Å². The number of aliphatic carboxylic acids is 1. The molecule has 0 aliphatic rings. The van der Waals surface area contributed by atoms with Crippen LogP contribution in [0.1, 0.15) is 27.2 Å². The van der Waals surface area contributed by atoms with Gasteiger partial charge in [-0.3, -0.25) is 4.79 Å². The van der Waals surface area contributed by atoms with E-state index in [1.165, 1.54) is 0 Å². The van der Waals surface area contributed by atoms with Gasteiger partial charge in [0.1, 0.15) is 0 Å². The summed E-state index contributed by atoms with van der Waals surface area (Å²) in [4.78, 5) is 10.6. The zero-order valence-corrected chi connectivity index (χ0v) is 12.7. The van der Waals surface area contributed by atoms with E-state index in [2.05, 4.69) is 0 Å². The smallest absolute Gasteiger partial charge is 0.306 e. The number of hydrogen-bond donors (Lipinski definition) is 1. The van der Waals surface area contributed by atoms with E-state index >= 15 is 0 Å². The lowest BCUT2D eigenvalue weighted by Crippen LogP contribution is -2.07. The Labute approximate surface area is 124 Å². The molecular formula is C15H22O6. The molecule has 6 nitrogen and oxygen atoms in total. The highest BCUT2D eigenvalue weighted by atomic mass is 16.5. The molecule has 0 saturated heterocycles. The summed E-state index contributed by atoms with van der Waals surface area (Å²) >= 11 is 0. The minimum atomic E-state index is -0.913. The number of rotatable bonds is 10. The average Bonchev–Trinajstić information content (AvgIpc) is 2.43. The summed E-state index contributed by atoms with van der Waals surface area (Å²) < 4.78 is 22.0. The second-order valence-corrected chi connectivity index (χ2v) is 4.04. The monoisotopic (exact) mass is 298 g/mol. The third-order valence-corrected chi connectivity index (χ3v) is 2.48. The van der Waals surface area contributed by atoms with Crippen molar-refractivity contribution in [2.45, 2.75) is 27.2 Å². The standard InChI is InChI=1S/C15H22O6/c1-4-18-11-9-13(20-6-3)14(10-12(11)19-5-2)21-8-7-15(16)17/h9-10H,4-8H2,1-3H3,(H,16,17). The predicted molar refractivity (Wildman–Crippen MR) is 77.7 cm³/mol. The molecule has 0 atom stereocenters. The van der Waals surface area contributed by atoms with Gasteiger partial charge in [-0.1, -0.05) is 0 Å². The van der Waals surface area contributed by atoms with Gasteiger partial charge >= 0.3 is 5.97 Å². The molecule has 0 spiro atoms. The molecule has 21 heavy (non-hydrogen) atoms. The number of benzene rings is 1. The maximum Gasteiger partial charge on any atom is 0.306 e. The number of carbonyl (C=O) groups is 1. The number of carboxylic acids is 1. The Morgan fingerprint density at radius 3 is 1.57 bits per heavy atom. The Morgan fingerprint density at radius 1 is 0.857 bits per heavy atom. The summed E-state index contributed by atoms with van der Waals surface area (Å²) in [6.07, 6.45) is -0.0806. The molecule has 0 fully saturated rings. The van der Waals surface area contributed by atoms with Gasteiger partial charge in [-0.25, -0.2) is 0 Å². The third-order valence-electron chi connectivity index (χ3n) is 2.48. The SMILES string of the molecule is CCOc1cc(OCC)c(OCCC(=O)O)cc1OCC. The van der Waals surface area contributed by atoms with Crippen molar-refractivity contribution in [1.82, 2.24) is 0 Å². The fourth-order valence-electron chi connectivity index (χ4n) is 1.69. The van der Waals surface area contributed by atoms with E-state index < -0.39 is 5.97 Å². The topological polar surface area (TPSA) is 74.2 Å². The number of carboxylic acid groups (broad SMARTS) is 1. The highest BCUT2D eigenvalue weighted by Crippen LogP contribution is 2.40. The molecule has 0 unspecified atom stereocenters. The van der Waals surface area contributed by atoms with Crippen LogP contribution in [-0.4, -0.2) is 37.5 Å². The molecule has 1 rings (SSSR count). The Balaban J connectivity index is 3.00. The summed E-state index contributed by atoms with van der Waals surface area (Å²) in [7, 11) is 0. The molecule has 0 aromatic heterocycles. The molecular weight excluding hydrogens is 276 g/mol. The molecule has 118 valence electrons. The molecule has 0 saturated carbocycles. The zero-order chi connectivity index (χ0) is 15.7. The van der Waals surface area contributed by atoms with E-state index in [-0.39, 0.29) is 13.0 Å². The summed E-state index contributed by atoms with van der Waals surface area (Å²) in [6.45, 7) is 7.14. The Kier molecular flexibility index (Phi) is 7.21. The van der Waals surface area contributed by atoms with Gasteiger partial charge in [-0.05, 0) is 20.8 Å². The number of ether oxygens (including phenoxy) is 4. The second-order valence-electron chi connectivity index (χ2n) is 4.04. The molecule has 1 aromatic carbocycles. The van der Waals surface area contributed by atoms with Crippen molar-refractivity contribution in [3.05, 3.63) is 12.1 Å². The molecule has 0 bridgehead atoms. The van der Waals surface area contributed by atoms with Crippen LogP contribution < -0.4 is 18.9 Å². The highest BCUT2D eigenvalue weighted by molar-refractivity contribution is 5.66. The van der Waals surface area contributed by atoms with Gasteiger partial charge in [0.25, 0.3) is 0 Å². The van der Waals surface area contributed by atoms with Gasteiger partial charge < -0.3 is 24.1 Å². The second kappa shape index (κ2) is 8.94. The normalized spacial score (nSPS) is 10.0. The first-order valence-corrected chi connectivity index (χ1v) is 7.03. The van der Waals surface area contributed by atoms with Crippen LogP contribution in [0.5, 0.6) is 23.0 Å². The van der Waals surface area contributed by atoms with Gasteiger partial charge in [-0.2, -0.15) is 0 Å². The van der Waals surface area contributed by atoms with Gasteiger partial charge in [0.15, 0.2) is 23.0 Å². The molecule has 0 radical (unpaired) electrons. The Bertz CT molecular complexity index is 458. The Morgan fingerprint density at radius 2 is 1.24 bits per heavy atom. The van der Waals surface area contributed by atoms with Crippen molar-refractivity contribution in [1.29, 1.82) is 0 Å². The summed E-state index contributed by atoms with van der Waals surface area (Å²) in [5.74, 6) is 1.17. The minimum Gasteiger partial charge on any atom is -0.490 e. The van der Waals surface area contributed by atoms with Crippen LogP contribution in [0, 0.1) is 0 Å².